The largest absolute Gasteiger partial charge is 0.417 e. The van der Waals surface area contributed by atoms with Crippen molar-refractivity contribution in [3.8, 4) is 0 Å². The molecule has 0 saturated heterocycles. The van der Waals surface area contributed by atoms with Crippen molar-refractivity contribution in [3.63, 3.8) is 0 Å². The van der Waals surface area contributed by atoms with Crippen molar-refractivity contribution >= 4 is 14.1 Å². The number of ketones is 1. The van der Waals surface area contributed by atoms with Crippen molar-refractivity contribution < 1.29 is 13.6 Å². The van der Waals surface area contributed by atoms with Crippen LogP contribution in [0.15, 0.2) is 42.2 Å². The van der Waals surface area contributed by atoms with Gasteiger partial charge >= 0.3 is 0 Å². The van der Waals surface area contributed by atoms with Crippen molar-refractivity contribution in [1.82, 2.24) is 0 Å². The van der Waals surface area contributed by atoms with Gasteiger partial charge in [-0.3, -0.25) is 4.79 Å². The molecule has 134 valence electrons. The van der Waals surface area contributed by atoms with Gasteiger partial charge in [-0.15, -0.1) is 0 Å². The van der Waals surface area contributed by atoms with Crippen molar-refractivity contribution in [2.75, 3.05) is 6.61 Å². The van der Waals surface area contributed by atoms with E-state index in [2.05, 4.69) is 33.9 Å². The van der Waals surface area contributed by atoms with Crippen LogP contribution >= 0.6 is 0 Å². The van der Waals surface area contributed by atoms with E-state index in [-0.39, 0.29) is 11.5 Å². The Balaban J connectivity index is 2.47. The summed E-state index contributed by atoms with van der Waals surface area (Å²) in [5, 5.41) is 0.188. The molecule has 0 heterocycles. The number of Topliss-reactive ketones (excluding diaryl/α,β-unsaturated/α-hetero) is 1. The Morgan fingerprint density at radius 3 is 2.46 bits per heavy atom. The smallest absolute Gasteiger partial charge is 0.195 e. The van der Waals surface area contributed by atoms with Crippen LogP contribution in [0.5, 0.6) is 0 Å². The van der Waals surface area contributed by atoms with Gasteiger partial charge in [0, 0.05) is 13.0 Å². The van der Waals surface area contributed by atoms with Gasteiger partial charge in [0.1, 0.15) is 0 Å². The number of carbonyl (C=O) groups excluding carboxylic acids is 1. The van der Waals surface area contributed by atoms with Gasteiger partial charge in [-0.1, -0.05) is 57.5 Å². The van der Waals surface area contributed by atoms with Crippen molar-refractivity contribution in [2.24, 2.45) is 0 Å². The Morgan fingerprint density at radius 2 is 1.88 bits per heavy atom. The molecule has 0 saturated carbocycles. The van der Waals surface area contributed by atoms with Crippen LogP contribution in [0, 0.1) is 0 Å². The molecule has 24 heavy (non-hydrogen) atoms. The number of halogens is 1. The van der Waals surface area contributed by atoms with Gasteiger partial charge in [-0.05, 0) is 42.6 Å². The van der Waals surface area contributed by atoms with Crippen molar-refractivity contribution in [2.45, 2.75) is 64.6 Å². The lowest BCUT2D eigenvalue weighted by molar-refractivity contribution is -0.116. The Hall–Kier alpha value is -1.26. The number of allylic oxidation sites excluding steroid dienone is 1. The average Bonchev–Trinajstić information content (AvgIpc) is 2.52. The predicted molar refractivity (Wildman–Crippen MR) is 101 cm³/mol. The molecular formula is C20H31FO2Si. The summed E-state index contributed by atoms with van der Waals surface area (Å²) < 4.78 is 20.0. The van der Waals surface area contributed by atoms with E-state index in [0.717, 1.165) is 18.4 Å². The van der Waals surface area contributed by atoms with Gasteiger partial charge in [0.05, 0.1) is 0 Å². The molecule has 0 radical (unpaired) electrons. The second-order valence-corrected chi connectivity index (χ2v) is 12.1. The molecule has 0 aliphatic carbocycles. The van der Waals surface area contributed by atoms with E-state index in [1.54, 1.807) is 0 Å². The number of carbonyl (C=O) groups is 1. The van der Waals surface area contributed by atoms with Gasteiger partial charge < -0.3 is 4.43 Å². The first-order chi connectivity index (χ1) is 11.2. The zero-order valence-corrected chi connectivity index (χ0v) is 16.7. The lowest BCUT2D eigenvalue weighted by Gasteiger charge is -2.39. The fourth-order valence-corrected chi connectivity index (χ4v) is 4.47. The Kier molecular flexibility index (Phi) is 8.04. The van der Waals surface area contributed by atoms with Gasteiger partial charge in [-0.25, -0.2) is 4.39 Å². The van der Waals surface area contributed by atoms with E-state index in [1.807, 2.05) is 30.3 Å². The highest BCUT2D eigenvalue weighted by molar-refractivity contribution is 6.74. The van der Waals surface area contributed by atoms with E-state index in [0.29, 0.717) is 13.0 Å². The zero-order valence-electron chi connectivity index (χ0n) is 15.7. The van der Waals surface area contributed by atoms with Gasteiger partial charge in [0.15, 0.2) is 19.9 Å². The fraction of sp³-hybridized carbons (Fsp3) is 0.550. The number of benzene rings is 1. The molecule has 1 aromatic carbocycles. The molecule has 0 spiro atoms. The molecular weight excluding hydrogens is 319 g/mol. The SMILES string of the molecule is CCCC(C)(C)[Si](C)(C)OCC/C=C(\F)C(=O)Cc1ccccc1. The van der Waals surface area contributed by atoms with E-state index >= 15 is 0 Å². The molecule has 0 bridgehead atoms. The minimum atomic E-state index is -1.85. The van der Waals surface area contributed by atoms with Crippen LogP contribution in [0.25, 0.3) is 0 Å². The summed E-state index contributed by atoms with van der Waals surface area (Å²) in [6.45, 7) is 11.6. The maximum atomic E-state index is 13.9. The summed E-state index contributed by atoms with van der Waals surface area (Å²) in [5.74, 6) is -1.13. The van der Waals surface area contributed by atoms with Crippen LogP contribution in [0.2, 0.25) is 18.1 Å². The van der Waals surface area contributed by atoms with Crippen LogP contribution in [0.1, 0.15) is 45.6 Å². The monoisotopic (exact) mass is 350 g/mol. The van der Waals surface area contributed by atoms with Crippen LogP contribution < -0.4 is 0 Å². The number of hydrogen-bond donors (Lipinski definition) is 0. The Labute approximate surface area is 147 Å². The lowest BCUT2D eigenvalue weighted by Crippen LogP contribution is -2.42. The fourth-order valence-electron chi connectivity index (χ4n) is 2.60. The van der Waals surface area contributed by atoms with E-state index in [4.69, 9.17) is 4.43 Å². The Bertz CT molecular complexity index is 550. The molecule has 0 N–H and O–H groups in total. The quantitative estimate of drug-likeness (QED) is 0.301. The predicted octanol–water partition coefficient (Wildman–Crippen LogP) is 5.84. The van der Waals surface area contributed by atoms with Gasteiger partial charge in [0.2, 0.25) is 0 Å². The van der Waals surface area contributed by atoms with E-state index in [1.165, 1.54) is 6.08 Å². The molecule has 4 heteroatoms. The molecule has 2 nitrogen and oxygen atoms in total. The van der Waals surface area contributed by atoms with Crippen LogP contribution in [0.4, 0.5) is 4.39 Å². The molecule has 0 unspecified atom stereocenters. The normalized spacial score (nSPS) is 13.2. The van der Waals surface area contributed by atoms with Crippen LogP contribution in [-0.2, 0) is 15.6 Å². The summed E-state index contributed by atoms with van der Waals surface area (Å²) in [7, 11) is -1.85. The maximum Gasteiger partial charge on any atom is 0.195 e. The average molecular weight is 351 g/mol. The molecule has 0 amide bonds. The highest BCUT2D eigenvalue weighted by Crippen LogP contribution is 2.41. The molecule has 0 aliphatic rings. The first-order valence-corrected chi connectivity index (χ1v) is 11.7. The standard InChI is InChI=1S/C20H31FO2Si/c1-6-14-20(2,3)24(4,5)23-15-10-13-18(21)19(22)16-17-11-8-7-9-12-17/h7-9,11-13H,6,10,14-16H2,1-5H3/b18-13-. The van der Waals surface area contributed by atoms with E-state index < -0.39 is 19.9 Å². The Morgan fingerprint density at radius 1 is 1.25 bits per heavy atom. The second-order valence-electron chi connectivity index (χ2n) is 7.42. The van der Waals surface area contributed by atoms with Crippen molar-refractivity contribution in [3.05, 3.63) is 47.8 Å². The molecule has 0 atom stereocenters. The zero-order chi connectivity index (χ0) is 18.2. The maximum absolute atomic E-state index is 13.9. The molecule has 1 rings (SSSR count). The highest BCUT2D eigenvalue weighted by atomic mass is 28.4. The summed E-state index contributed by atoms with van der Waals surface area (Å²) in [6, 6.07) is 9.24. The molecule has 0 fully saturated rings. The van der Waals surface area contributed by atoms with Crippen molar-refractivity contribution in [1.29, 1.82) is 0 Å². The lowest BCUT2D eigenvalue weighted by atomic mass is 10.1. The first-order valence-electron chi connectivity index (χ1n) is 8.76. The summed E-state index contributed by atoms with van der Waals surface area (Å²) in [5.41, 5.74) is 0.831. The minimum Gasteiger partial charge on any atom is -0.417 e. The van der Waals surface area contributed by atoms with Crippen LogP contribution in [0.3, 0.4) is 0 Å². The third kappa shape index (κ3) is 6.33. The summed E-state index contributed by atoms with van der Waals surface area (Å²) in [4.78, 5) is 11.9. The summed E-state index contributed by atoms with van der Waals surface area (Å²) in [6.07, 6.45) is 4.17. The van der Waals surface area contributed by atoms with Gasteiger partial charge in [-0.2, -0.15) is 0 Å². The topological polar surface area (TPSA) is 26.3 Å². The third-order valence-electron chi connectivity index (χ3n) is 4.88. The summed E-state index contributed by atoms with van der Waals surface area (Å²) >= 11 is 0. The highest BCUT2D eigenvalue weighted by Gasteiger charge is 2.39. The molecule has 0 aliphatic heterocycles. The number of hydrogen-bond acceptors (Lipinski definition) is 2. The first kappa shape index (κ1) is 20.8. The molecule has 0 aromatic heterocycles. The molecule has 1 aromatic rings. The minimum absolute atomic E-state index is 0.105. The number of rotatable bonds is 10. The van der Waals surface area contributed by atoms with E-state index in [9.17, 15) is 9.18 Å². The second kappa shape index (κ2) is 9.28. The third-order valence-corrected chi connectivity index (χ3v) is 9.32. The van der Waals surface area contributed by atoms with Crippen LogP contribution in [-0.4, -0.2) is 20.7 Å². The van der Waals surface area contributed by atoms with Gasteiger partial charge in [0.25, 0.3) is 0 Å².